The van der Waals surface area contributed by atoms with E-state index < -0.39 is 11.8 Å². The van der Waals surface area contributed by atoms with E-state index in [1.165, 1.54) is 22.7 Å². The third-order valence-corrected chi connectivity index (χ3v) is 7.77. The van der Waals surface area contributed by atoms with Gasteiger partial charge in [-0.25, -0.2) is 0 Å². The molecule has 4 rings (SSSR count). The van der Waals surface area contributed by atoms with Gasteiger partial charge in [-0.15, -0.1) is 20.4 Å². The molecule has 0 fully saturated rings. The van der Waals surface area contributed by atoms with Gasteiger partial charge in [-0.05, 0) is 24.0 Å². The quantitative estimate of drug-likeness (QED) is 0.194. The summed E-state index contributed by atoms with van der Waals surface area (Å²) in [6.45, 7) is -0.0210. The first-order valence-corrected chi connectivity index (χ1v) is 14.2. The maximum Gasteiger partial charge on any atom is 0.236 e. The molecule has 0 aliphatic rings. The summed E-state index contributed by atoms with van der Waals surface area (Å²) >= 11 is 2.69. The zero-order valence-electron chi connectivity index (χ0n) is 21.4. The molecule has 4 aromatic rings. The average Bonchev–Trinajstić information content (AvgIpc) is 3.60. The molecule has 0 radical (unpaired) electrons. The van der Waals surface area contributed by atoms with Crippen molar-refractivity contribution in [3.8, 4) is 0 Å². The number of aromatic nitrogens is 4. The molecule has 3 N–H and O–H groups in total. The van der Waals surface area contributed by atoms with E-state index in [-0.39, 0.29) is 25.0 Å². The molecule has 2 atom stereocenters. The van der Waals surface area contributed by atoms with E-state index >= 15 is 0 Å². The first kappa shape index (κ1) is 28.4. The third kappa shape index (κ3) is 8.20. The number of hydrogen-bond donors (Lipinski definition) is 3. The first-order valence-electron chi connectivity index (χ1n) is 12.5. The lowest BCUT2D eigenvalue weighted by Gasteiger charge is -2.15. The van der Waals surface area contributed by atoms with Crippen LogP contribution in [0.15, 0.2) is 60.7 Å². The van der Waals surface area contributed by atoms with Crippen LogP contribution >= 0.6 is 22.7 Å². The number of rotatable bonds is 14. The second-order valence-electron chi connectivity index (χ2n) is 8.75. The van der Waals surface area contributed by atoms with E-state index in [0.29, 0.717) is 16.7 Å². The molecule has 0 bridgehead atoms. The Hall–Kier alpha value is -3.58. The monoisotopic (exact) mass is 566 g/mol. The highest BCUT2D eigenvalue weighted by Crippen LogP contribution is 2.24. The van der Waals surface area contributed by atoms with Crippen LogP contribution in [0.1, 0.15) is 45.8 Å². The topological polar surface area (TPSA) is 139 Å². The van der Waals surface area contributed by atoms with Crippen molar-refractivity contribution in [2.75, 3.05) is 31.0 Å². The van der Waals surface area contributed by atoms with Crippen molar-refractivity contribution in [3.05, 3.63) is 81.8 Å². The predicted octanol–water partition coefficient (Wildman–Crippen LogP) is 4.04. The largest absolute Gasteiger partial charge is 0.395 e. The number of unbranched alkanes of at least 4 members (excludes halogenated alkanes) is 1. The summed E-state index contributed by atoms with van der Waals surface area (Å²) in [5, 5.41) is 34.4. The molecule has 39 heavy (non-hydrogen) atoms. The SMILES string of the molecule is COCC(C(=O)Nc1nnc(CCCCc2nnc(NC(=O)C(CO)c3ccccc3)s2)s1)c1ccccc1. The van der Waals surface area contributed by atoms with Crippen LogP contribution in [0.2, 0.25) is 0 Å². The Bertz CT molecular complexity index is 1330. The zero-order valence-corrected chi connectivity index (χ0v) is 23.1. The minimum atomic E-state index is -0.663. The van der Waals surface area contributed by atoms with Gasteiger partial charge in [-0.2, -0.15) is 0 Å². The van der Waals surface area contributed by atoms with Gasteiger partial charge in [0.15, 0.2) is 0 Å². The highest BCUT2D eigenvalue weighted by molar-refractivity contribution is 7.15. The van der Waals surface area contributed by atoms with Gasteiger partial charge in [0.1, 0.15) is 10.0 Å². The van der Waals surface area contributed by atoms with Gasteiger partial charge in [0.2, 0.25) is 22.1 Å². The van der Waals surface area contributed by atoms with E-state index in [4.69, 9.17) is 4.74 Å². The number of carbonyl (C=O) groups excluding carboxylic acids is 2. The summed E-state index contributed by atoms with van der Waals surface area (Å²) in [5.41, 5.74) is 1.62. The fourth-order valence-electron chi connectivity index (χ4n) is 3.95. The van der Waals surface area contributed by atoms with Crippen LogP contribution in [0, 0.1) is 0 Å². The zero-order chi connectivity index (χ0) is 27.5. The van der Waals surface area contributed by atoms with Crippen LogP contribution in [0.25, 0.3) is 0 Å². The summed E-state index contributed by atoms with van der Waals surface area (Å²) in [7, 11) is 1.57. The van der Waals surface area contributed by atoms with Crippen molar-refractivity contribution in [2.45, 2.75) is 37.5 Å². The maximum atomic E-state index is 12.8. The lowest BCUT2D eigenvalue weighted by Crippen LogP contribution is -2.24. The molecule has 204 valence electrons. The lowest BCUT2D eigenvalue weighted by molar-refractivity contribution is -0.119. The maximum absolute atomic E-state index is 12.8. The van der Waals surface area contributed by atoms with Crippen LogP contribution in [-0.4, -0.2) is 57.6 Å². The molecule has 2 unspecified atom stereocenters. The number of aryl methyl sites for hydroxylation is 2. The Kier molecular flexibility index (Phi) is 10.6. The number of amides is 2. The molecule has 0 saturated carbocycles. The molecular formula is C27H30N6O4S2. The number of aliphatic hydroxyl groups excluding tert-OH is 1. The number of benzene rings is 2. The minimum Gasteiger partial charge on any atom is -0.395 e. The Morgan fingerprint density at radius 1 is 0.769 bits per heavy atom. The Balaban J connectivity index is 1.21. The molecule has 2 heterocycles. The molecule has 2 amide bonds. The summed E-state index contributed by atoms with van der Waals surface area (Å²) < 4.78 is 5.25. The summed E-state index contributed by atoms with van der Waals surface area (Å²) in [5.74, 6) is -1.59. The van der Waals surface area contributed by atoms with Crippen molar-refractivity contribution in [3.63, 3.8) is 0 Å². The number of nitrogens with zero attached hydrogens (tertiary/aromatic N) is 4. The highest BCUT2D eigenvalue weighted by Gasteiger charge is 2.22. The molecule has 0 saturated heterocycles. The molecule has 0 spiro atoms. The van der Waals surface area contributed by atoms with Gasteiger partial charge in [0.05, 0.1) is 25.0 Å². The summed E-state index contributed by atoms with van der Waals surface area (Å²) in [6.07, 6.45) is 3.16. The van der Waals surface area contributed by atoms with Gasteiger partial charge in [-0.3, -0.25) is 20.2 Å². The van der Waals surface area contributed by atoms with Crippen LogP contribution < -0.4 is 10.6 Å². The lowest BCUT2D eigenvalue weighted by atomic mass is 9.99. The predicted molar refractivity (Wildman–Crippen MR) is 151 cm³/mol. The standard InChI is InChI=1S/C27H30N6O4S2/c1-37-17-21(19-12-6-3-7-13-19)25(36)29-27-33-31-23(39-27)15-9-8-14-22-30-32-26(38-22)28-24(35)20(16-34)18-10-4-2-5-11-18/h2-7,10-13,20-21,34H,8-9,14-17H2,1H3,(H,28,32,35)(H,29,33,36). The van der Waals surface area contributed by atoms with Crippen molar-refractivity contribution < 1.29 is 19.4 Å². The molecular weight excluding hydrogens is 536 g/mol. The summed E-state index contributed by atoms with van der Waals surface area (Å²) in [4.78, 5) is 25.4. The molecule has 12 heteroatoms. The molecule has 0 aliphatic heterocycles. The van der Waals surface area contributed by atoms with Crippen LogP contribution in [0.5, 0.6) is 0 Å². The average molecular weight is 567 g/mol. The van der Waals surface area contributed by atoms with Crippen molar-refractivity contribution in [2.24, 2.45) is 0 Å². The van der Waals surface area contributed by atoms with Gasteiger partial charge in [0, 0.05) is 20.0 Å². The fourth-order valence-corrected chi connectivity index (χ4v) is 5.52. The number of anilines is 2. The van der Waals surface area contributed by atoms with E-state index in [9.17, 15) is 14.7 Å². The third-order valence-electron chi connectivity index (χ3n) is 5.98. The number of aliphatic hydroxyl groups is 1. The van der Waals surface area contributed by atoms with Gasteiger partial charge < -0.3 is 9.84 Å². The van der Waals surface area contributed by atoms with Gasteiger partial charge >= 0.3 is 0 Å². The number of nitrogens with one attached hydrogen (secondary N) is 2. The normalized spacial score (nSPS) is 12.6. The fraction of sp³-hybridized carbons (Fsp3) is 0.333. The van der Waals surface area contributed by atoms with Gasteiger partial charge in [-0.1, -0.05) is 83.3 Å². The van der Waals surface area contributed by atoms with E-state index in [2.05, 4.69) is 31.0 Å². The molecule has 2 aromatic carbocycles. The molecule has 0 aliphatic carbocycles. The van der Waals surface area contributed by atoms with E-state index in [1.54, 1.807) is 7.11 Å². The van der Waals surface area contributed by atoms with Crippen LogP contribution in [0.4, 0.5) is 10.3 Å². The van der Waals surface area contributed by atoms with E-state index in [0.717, 1.165) is 40.4 Å². The molecule has 2 aromatic heterocycles. The first-order chi connectivity index (χ1) is 19.1. The second kappa shape index (κ2) is 14.5. The van der Waals surface area contributed by atoms with Crippen LogP contribution in [0.3, 0.4) is 0 Å². The highest BCUT2D eigenvalue weighted by atomic mass is 32.1. The number of methoxy groups -OCH3 is 1. The Morgan fingerprint density at radius 2 is 1.23 bits per heavy atom. The van der Waals surface area contributed by atoms with Crippen molar-refractivity contribution in [1.82, 2.24) is 20.4 Å². The minimum absolute atomic E-state index is 0.181. The number of carbonyl (C=O) groups is 2. The van der Waals surface area contributed by atoms with E-state index in [1.807, 2.05) is 60.7 Å². The smallest absolute Gasteiger partial charge is 0.236 e. The van der Waals surface area contributed by atoms with Crippen LogP contribution in [-0.2, 0) is 27.2 Å². The Morgan fingerprint density at radius 3 is 1.69 bits per heavy atom. The van der Waals surface area contributed by atoms with Gasteiger partial charge in [0.25, 0.3) is 0 Å². The summed E-state index contributed by atoms with van der Waals surface area (Å²) in [6, 6.07) is 18.6. The number of hydrogen-bond acceptors (Lipinski definition) is 10. The molecule has 10 nitrogen and oxygen atoms in total. The van der Waals surface area contributed by atoms with Crippen molar-refractivity contribution >= 4 is 44.8 Å². The Labute approximate surface area is 234 Å². The second-order valence-corrected chi connectivity index (χ2v) is 10.9. The number of ether oxygens (including phenoxy) is 1. The van der Waals surface area contributed by atoms with Crippen molar-refractivity contribution in [1.29, 1.82) is 0 Å².